The fraction of sp³-hybridized carbons (Fsp3) is 0.417. The van der Waals surface area contributed by atoms with Crippen molar-refractivity contribution in [1.82, 2.24) is 14.8 Å². The highest BCUT2D eigenvalue weighted by molar-refractivity contribution is 6.29. The van der Waals surface area contributed by atoms with Crippen LogP contribution in [0.3, 0.4) is 0 Å². The molecule has 102 valence electrons. The molecule has 6 nitrogen and oxygen atoms in total. The summed E-state index contributed by atoms with van der Waals surface area (Å²) in [5.41, 5.74) is 0.983. The van der Waals surface area contributed by atoms with E-state index in [1.54, 1.807) is 12.3 Å². The number of aromatic nitrogens is 1. The minimum Gasteiger partial charge on any atom is -0.352 e. The first kappa shape index (κ1) is 13.6. The number of hydrogen-bond donors (Lipinski definition) is 0. The van der Waals surface area contributed by atoms with Crippen LogP contribution < -0.4 is 0 Å². The molecule has 0 spiro atoms. The summed E-state index contributed by atoms with van der Waals surface area (Å²) in [6, 6.07) is 3.61. The van der Waals surface area contributed by atoms with Crippen molar-refractivity contribution >= 4 is 11.6 Å². The van der Waals surface area contributed by atoms with Crippen molar-refractivity contribution in [3.05, 3.63) is 51.2 Å². The minimum absolute atomic E-state index is 0.406. The van der Waals surface area contributed by atoms with Crippen molar-refractivity contribution in [2.24, 2.45) is 0 Å². The Hall–Kier alpha value is -1.82. The van der Waals surface area contributed by atoms with Crippen LogP contribution in [-0.2, 0) is 6.54 Å². The average molecular weight is 283 g/mol. The number of nitrogens with zero attached hydrogens (tertiary/aromatic N) is 4. The lowest BCUT2D eigenvalue weighted by Crippen LogP contribution is -2.24. The Morgan fingerprint density at radius 3 is 2.79 bits per heavy atom. The molecule has 1 fully saturated rings. The number of likely N-dealkylation sites (N-methyl/N-ethyl adjacent to an activating group) is 1. The van der Waals surface area contributed by atoms with Gasteiger partial charge in [-0.1, -0.05) is 17.7 Å². The topological polar surface area (TPSA) is 62.5 Å². The Morgan fingerprint density at radius 2 is 2.21 bits per heavy atom. The Morgan fingerprint density at radius 1 is 1.47 bits per heavy atom. The largest absolute Gasteiger partial charge is 0.352 e. The highest BCUT2D eigenvalue weighted by Crippen LogP contribution is 2.21. The monoisotopic (exact) mass is 282 g/mol. The van der Waals surface area contributed by atoms with E-state index in [1.165, 1.54) is 0 Å². The van der Waals surface area contributed by atoms with Gasteiger partial charge in [0.15, 0.2) is 5.82 Å². The first-order chi connectivity index (χ1) is 9.10. The second-order valence-electron chi connectivity index (χ2n) is 4.26. The molecule has 1 aromatic heterocycles. The molecule has 1 aromatic rings. The third-order valence-corrected chi connectivity index (χ3v) is 3.28. The van der Waals surface area contributed by atoms with Gasteiger partial charge in [-0.25, -0.2) is 4.98 Å². The molecule has 0 amide bonds. The van der Waals surface area contributed by atoms with Crippen molar-refractivity contribution < 1.29 is 4.92 Å². The zero-order valence-electron chi connectivity index (χ0n) is 10.6. The molecule has 0 N–H and O–H groups in total. The number of rotatable bonds is 4. The fourth-order valence-electron chi connectivity index (χ4n) is 2.13. The van der Waals surface area contributed by atoms with E-state index in [1.807, 2.05) is 22.8 Å². The predicted molar refractivity (Wildman–Crippen MR) is 72.0 cm³/mol. The summed E-state index contributed by atoms with van der Waals surface area (Å²) in [6.07, 6.45) is 2.76. The highest BCUT2D eigenvalue weighted by atomic mass is 35.5. The van der Waals surface area contributed by atoms with Gasteiger partial charge >= 0.3 is 0 Å². The van der Waals surface area contributed by atoms with Gasteiger partial charge in [0, 0.05) is 32.4 Å². The van der Waals surface area contributed by atoms with Gasteiger partial charge in [-0.05, 0) is 18.6 Å². The van der Waals surface area contributed by atoms with Crippen LogP contribution in [-0.4, -0.2) is 39.3 Å². The fourth-order valence-corrected chi connectivity index (χ4v) is 2.24. The van der Waals surface area contributed by atoms with E-state index < -0.39 is 4.92 Å². The van der Waals surface area contributed by atoms with E-state index in [0.29, 0.717) is 17.5 Å². The molecule has 0 radical (unpaired) electrons. The molecule has 7 heteroatoms. The molecule has 0 atom stereocenters. The van der Waals surface area contributed by atoms with Gasteiger partial charge in [0.2, 0.25) is 0 Å². The van der Waals surface area contributed by atoms with Crippen molar-refractivity contribution in [3.8, 4) is 0 Å². The molecule has 0 aliphatic carbocycles. The van der Waals surface area contributed by atoms with Gasteiger partial charge in [0.25, 0.3) is 6.20 Å². The van der Waals surface area contributed by atoms with Gasteiger partial charge in [-0.2, -0.15) is 0 Å². The second-order valence-corrected chi connectivity index (χ2v) is 4.65. The Labute approximate surface area is 116 Å². The standard InChI is InChI=1S/C12H15ClN4O2/c1-2-15-5-6-16(12(15)9-17(18)19)8-10-3-4-11(13)14-7-10/h3-4,7,9H,2,5-6,8H2,1H3/b12-9+. The van der Waals surface area contributed by atoms with Crippen molar-refractivity contribution in [2.45, 2.75) is 13.5 Å². The Kier molecular flexibility index (Phi) is 4.21. The number of pyridine rings is 1. The van der Waals surface area contributed by atoms with Gasteiger partial charge in [0.05, 0.1) is 4.92 Å². The lowest BCUT2D eigenvalue weighted by molar-refractivity contribution is -0.405. The van der Waals surface area contributed by atoms with Crippen LogP contribution in [0.25, 0.3) is 0 Å². The van der Waals surface area contributed by atoms with Crippen molar-refractivity contribution in [2.75, 3.05) is 19.6 Å². The smallest absolute Gasteiger partial charge is 0.274 e. The summed E-state index contributed by atoms with van der Waals surface area (Å²) in [5.74, 6) is 0.655. The molecule has 0 saturated carbocycles. The molecule has 0 bridgehead atoms. The average Bonchev–Trinajstić information content (AvgIpc) is 2.74. The van der Waals surface area contributed by atoms with Gasteiger partial charge in [-0.3, -0.25) is 10.1 Å². The third-order valence-electron chi connectivity index (χ3n) is 3.05. The van der Waals surface area contributed by atoms with E-state index in [0.717, 1.165) is 31.4 Å². The molecule has 2 heterocycles. The molecule has 0 aromatic carbocycles. The summed E-state index contributed by atoms with van der Waals surface area (Å²) in [6.45, 7) is 4.92. The Bertz CT molecular complexity index is 489. The van der Waals surface area contributed by atoms with Gasteiger partial charge in [0.1, 0.15) is 5.15 Å². The second kappa shape index (κ2) is 5.88. The maximum Gasteiger partial charge on any atom is 0.274 e. The van der Waals surface area contributed by atoms with E-state index in [4.69, 9.17) is 11.6 Å². The van der Waals surface area contributed by atoms with Crippen LogP contribution in [0.2, 0.25) is 5.15 Å². The number of nitro groups is 1. The molecule has 2 rings (SSSR count). The van der Waals surface area contributed by atoms with E-state index in [9.17, 15) is 10.1 Å². The molecule has 1 aliphatic heterocycles. The minimum atomic E-state index is -0.406. The maximum atomic E-state index is 10.7. The molecular weight excluding hydrogens is 268 g/mol. The van der Waals surface area contributed by atoms with Crippen LogP contribution in [0.5, 0.6) is 0 Å². The van der Waals surface area contributed by atoms with E-state index >= 15 is 0 Å². The lowest BCUT2D eigenvalue weighted by Gasteiger charge is -2.21. The lowest BCUT2D eigenvalue weighted by atomic mass is 10.2. The van der Waals surface area contributed by atoms with Gasteiger partial charge in [-0.15, -0.1) is 0 Å². The van der Waals surface area contributed by atoms with Crippen molar-refractivity contribution in [3.63, 3.8) is 0 Å². The zero-order chi connectivity index (χ0) is 13.8. The molecule has 1 aliphatic rings. The summed E-state index contributed by atoms with van der Waals surface area (Å²) < 4.78 is 0. The molecule has 19 heavy (non-hydrogen) atoms. The van der Waals surface area contributed by atoms with Crippen LogP contribution in [0.15, 0.2) is 30.4 Å². The summed E-state index contributed by atoms with van der Waals surface area (Å²) in [7, 11) is 0. The molecule has 1 saturated heterocycles. The van der Waals surface area contributed by atoms with Crippen molar-refractivity contribution in [1.29, 1.82) is 0 Å². The number of halogens is 1. The maximum absolute atomic E-state index is 10.7. The molecular formula is C12H15ClN4O2. The Balaban J connectivity index is 2.14. The first-order valence-corrected chi connectivity index (χ1v) is 6.43. The first-order valence-electron chi connectivity index (χ1n) is 6.05. The summed E-state index contributed by atoms with van der Waals surface area (Å²) in [5, 5.41) is 11.2. The van der Waals surface area contributed by atoms with Crippen LogP contribution in [0.4, 0.5) is 0 Å². The highest BCUT2D eigenvalue weighted by Gasteiger charge is 2.26. The van der Waals surface area contributed by atoms with Gasteiger partial charge < -0.3 is 9.80 Å². The van der Waals surface area contributed by atoms with E-state index in [-0.39, 0.29) is 0 Å². The van der Waals surface area contributed by atoms with Crippen LogP contribution in [0.1, 0.15) is 12.5 Å². The third kappa shape index (κ3) is 3.35. The zero-order valence-corrected chi connectivity index (χ0v) is 11.4. The van der Waals surface area contributed by atoms with Crippen LogP contribution in [0, 0.1) is 10.1 Å². The quantitative estimate of drug-likeness (QED) is 0.480. The van der Waals surface area contributed by atoms with E-state index in [2.05, 4.69) is 4.98 Å². The predicted octanol–water partition coefficient (Wildman–Crippen LogP) is 1.95. The summed E-state index contributed by atoms with van der Waals surface area (Å²) >= 11 is 5.74. The molecule has 0 unspecified atom stereocenters. The normalized spacial score (nSPS) is 17.3. The van der Waals surface area contributed by atoms with Crippen LogP contribution >= 0.6 is 11.6 Å². The SMILES string of the molecule is CCN1CCN(Cc2ccc(Cl)nc2)/C1=C/[N+](=O)[O-]. The summed E-state index contributed by atoms with van der Waals surface area (Å²) in [4.78, 5) is 18.3. The number of hydrogen-bond acceptors (Lipinski definition) is 5.